The highest BCUT2D eigenvalue weighted by Crippen LogP contribution is 2.47. The molecule has 1 aliphatic carbocycles. The summed E-state index contributed by atoms with van der Waals surface area (Å²) in [5.41, 5.74) is 0.896. The van der Waals surface area contributed by atoms with E-state index in [1.807, 2.05) is 6.07 Å². The summed E-state index contributed by atoms with van der Waals surface area (Å²) in [4.78, 5) is 0. The lowest BCUT2D eigenvalue weighted by atomic mass is 9.72. The van der Waals surface area contributed by atoms with Crippen LogP contribution in [-0.2, 0) is 6.42 Å². The number of hydrogen-bond acceptors (Lipinski definition) is 1. The number of benzene rings is 1. The minimum absolute atomic E-state index is 0.0277. The normalized spacial score (nSPS) is 19.5. The van der Waals surface area contributed by atoms with Gasteiger partial charge in [0, 0.05) is 6.42 Å². The second-order valence-electron chi connectivity index (χ2n) is 6.60. The Balaban J connectivity index is 2.16. The van der Waals surface area contributed by atoms with Crippen molar-refractivity contribution in [1.82, 2.24) is 0 Å². The summed E-state index contributed by atoms with van der Waals surface area (Å²) in [5.74, 6) is 0.331. The maximum absolute atomic E-state index is 13.6. The summed E-state index contributed by atoms with van der Waals surface area (Å²) in [6, 6.07) is 5.06. The minimum Gasteiger partial charge on any atom is -0.392 e. The largest absolute Gasteiger partial charge is 0.392 e. The fraction of sp³-hybridized carbons (Fsp3) is 0.647. The minimum atomic E-state index is -0.384. The Hall–Kier alpha value is -0.410. The fourth-order valence-corrected chi connectivity index (χ4v) is 4.12. The van der Waals surface area contributed by atoms with E-state index in [1.165, 1.54) is 18.9 Å². The molecule has 20 heavy (non-hydrogen) atoms. The van der Waals surface area contributed by atoms with Crippen molar-refractivity contribution in [2.75, 3.05) is 0 Å². The summed E-state index contributed by atoms with van der Waals surface area (Å²) >= 11 is 3.30. The van der Waals surface area contributed by atoms with Gasteiger partial charge in [-0.15, -0.1) is 0 Å². The van der Waals surface area contributed by atoms with E-state index in [0.29, 0.717) is 16.8 Å². The van der Waals surface area contributed by atoms with Gasteiger partial charge in [-0.3, -0.25) is 0 Å². The smallest absolute Gasteiger partial charge is 0.137 e. The average molecular weight is 343 g/mol. The van der Waals surface area contributed by atoms with Gasteiger partial charge in [0.05, 0.1) is 10.6 Å². The van der Waals surface area contributed by atoms with Gasteiger partial charge in [0.2, 0.25) is 0 Å². The number of halogens is 2. The molecule has 0 amide bonds. The first kappa shape index (κ1) is 16.0. The molecule has 0 saturated heterocycles. The third-order valence-corrected chi connectivity index (χ3v) is 5.45. The number of rotatable bonds is 5. The Morgan fingerprint density at radius 2 is 1.95 bits per heavy atom. The molecule has 1 N–H and O–H groups in total. The number of hydrogen-bond donors (Lipinski definition) is 1. The fourth-order valence-electron chi connectivity index (χ4n) is 3.70. The number of aliphatic hydroxyl groups excluding tert-OH is 1. The van der Waals surface area contributed by atoms with Gasteiger partial charge in [0.25, 0.3) is 0 Å². The molecule has 2 rings (SSSR count). The van der Waals surface area contributed by atoms with E-state index < -0.39 is 0 Å². The SMILES string of the molecule is CC(C)CC1(C(O)Cc2cccc(F)c2Br)CCCC1. The molecular weight excluding hydrogens is 319 g/mol. The molecule has 0 bridgehead atoms. The molecule has 112 valence electrons. The van der Waals surface area contributed by atoms with Crippen LogP contribution in [0.1, 0.15) is 51.5 Å². The van der Waals surface area contributed by atoms with E-state index in [9.17, 15) is 9.50 Å². The van der Waals surface area contributed by atoms with Gasteiger partial charge in [-0.05, 0) is 58.2 Å². The van der Waals surface area contributed by atoms with E-state index in [0.717, 1.165) is 24.8 Å². The van der Waals surface area contributed by atoms with Crippen molar-refractivity contribution in [3.63, 3.8) is 0 Å². The van der Waals surface area contributed by atoms with E-state index in [4.69, 9.17) is 0 Å². The molecule has 1 aromatic carbocycles. The second-order valence-corrected chi connectivity index (χ2v) is 7.39. The summed E-state index contributed by atoms with van der Waals surface area (Å²) in [6.07, 6.45) is 5.80. The molecule has 3 heteroatoms. The van der Waals surface area contributed by atoms with Crippen LogP contribution in [0.3, 0.4) is 0 Å². The van der Waals surface area contributed by atoms with Gasteiger partial charge in [-0.25, -0.2) is 4.39 Å². The Labute approximate surface area is 129 Å². The lowest BCUT2D eigenvalue weighted by Gasteiger charge is -2.36. The molecule has 1 fully saturated rings. The monoisotopic (exact) mass is 342 g/mol. The highest BCUT2D eigenvalue weighted by Gasteiger charge is 2.40. The third-order valence-electron chi connectivity index (χ3n) is 4.57. The second kappa shape index (κ2) is 6.57. The van der Waals surface area contributed by atoms with Gasteiger partial charge in [-0.2, -0.15) is 0 Å². The summed E-state index contributed by atoms with van der Waals surface area (Å²) in [6.45, 7) is 4.43. The van der Waals surface area contributed by atoms with Crippen LogP contribution in [0.5, 0.6) is 0 Å². The molecule has 0 aromatic heterocycles. The Kier molecular flexibility index (Phi) is 5.25. The summed E-state index contributed by atoms with van der Waals surface area (Å²) < 4.78 is 14.1. The van der Waals surface area contributed by atoms with Crippen LogP contribution < -0.4 is 0 Å². The van der Waals surface area contributed by atoms with Crippen molar-refractivity contribution in [2.24, 2.45) is 11.3 Å². The zero-order chi connectivity index (χ0) is 14.8. The van der Waals surface area contributed by atoms with Crippen LogP contribution in [-0.4, -0.2) is 11.2 Å². The van der Waals surface area contributed by atoms with Crippen LogP contribution in [0.4, 0.5) is 4.39 Å². The van der Waals surface area contributed by atoms with Crippen LogP contribution in [0.15, 0.2) is 22.7 Å². The van der Waals surface area contributed by atoms with Crippen LogP contribution in [0.25, 0.3) is 0 Å². The van der Waals surface area contributed by atoms with Crippen LogP contribution in [0, 0.1) is 17.2 Å². The highest BCUT2D eigenvalue weighted by molar-refractivity contribution is 9.10. The van der Waals surface area contributed by atoms with E-state index >= 15 is 0 Å². The maximum Gasteiger partial charge on any atom is 0.137 e. The zero-order valence-electron chi connectivity index (χ0n) is 12.3. The van der Waals surface area contributed by atoms with Gasteiger partial charge in [-0.1, -0.05) is 38.8 Å². The molecule has 0 aliphatic heterocycles. The Bertz CT molecular complexity index is 452. The van der Waals surface area contributed by atoms with Gasteiger partial charge in [0.15, 0.2) is 0 Å². The lowest BCUT2D eigenvalue weighted by Crippen LogP contribution is -2.35. The van der Waals surface area contributed by atoms with Crippen molar-refractivity contribution in [2.45, 2.75) is 58.5 Å². The van der Waals surface area contributed by atoms with Gasteiger partial charge >= 0.3 is 0 Å². The maximum atomic E-state index is 13.6. The molecule has 0 heterocycles. The first-order valence-electron chi connectivity index (χ1n) is 7.55. The molecule has 0 spiro atoms. The van der Waals surface area contributed by atoms with E-state index in [-0.39, 0.29) is 17.3 Å². The molecule has 1 aliphatic rings. The first-order chi connectivity index (χ1) is 9.44. The lowest BCUT2D eigenvalue weighted by molar-refractivity contribution is 0.0132. The summed E-state index contributed by atoms with van der Waals surface area (Å²) in [5, 5.41) is 10.8. The van der Waals surface area contributed by atoms with Gasteiger partial charge < -0.3 is 5.11 Å². The van der Waals surface area contributed by atoms with Crippen molar-refractivity contribution in [1.29, 1.82) is 0 Å². The molecule has 1 nitrogen and oxygen atoms in total. The molecule has 1 unspecified atom stereocenters. The van der Waals surface area contributed by atoms with Gasteiger partial charge in [0.1, 0.15) is 5.82 Å². The topological polar surface area (TPSA) is 20.2 Å². The first-order valence-corrected chi connectivity index (χ1v) is 8.35. The predicted molar refractivity (Wildman–Crippen MR) is 84.2 cm³/mol. The average Bonchev–Trinajstić information content (AvgIpc) is 2.84. The van der Waals surface area contributed by atoms with Crippen LogP contribution in [0.2, 0.25) is 0 Å². The highest BCUT2D eigenvalue weighted by atomic mass is 79.9. The standard InChI is InChI=1S/C17H24BrFO/c1-12(2)11-17(8-3-4-9-17)15(20)10-13-6-5-7-14(19)16(13)18/h5-7,12,15,20H,3-4,8-11H2,1-2H3. The third kappa shape index (κ3) is 3.43. The molecule has 1 aromatic rings. The van der Waals surface area contributed by atoms with Crippen molar-refractivity contribution >= 4 is 15.9 Å². The van der Waals surface area contributed by atoms with Crippen LogP contribution >= 0.6 is 15.9 Å². The Morgan fingerprint density at radius 3 is 2.55 bits per heavy atom. The van der Waals surface area contributed by atoms with E-state index in [1.54, 1.807) is 6.07 Å². The molecular formula is C17H24BrFO. The van der Waals surface area contributed by atoms with Crippen molar-refractivity contribution < 1.29 is 9.50 Å². The zero-order valence-corrected chi connectivity index (χ0v) is 13.9. The number of aliphatic hydroxyl groups is 1. The van der Waals surface area contributed by atoms with Crippen molar-refractivity contribution in [3.05, 3.63) is 34.1 Å². The Morgan fingerprint density at radius 1 is 1.30 bits per heavy atom. The summed E-state index contributed by atoms with van der Waals surface area (Å²) in [7, 11) is 0. The predicted octanol–water partition coefficient (Wildman–Crippen LogP) is 5.10. The quantitative estimate of drug-likeness (QED) is 0.789. The molecule has 1 saturated carbocycles. The molecule has 1 atom stereocenters. The van der Waals surface area contributed by atoms with Crippen molar-refractivity contribution in [3.8, 4) is 0 Å². The molecule has 0 radical (unpaired) electrons. The van der Waals surface area contributed by atoms with E-state index in [2.05, 4.69) is 29.8 Å².